The van der Waals surface area contributed by atoms with E-state index < -0.39 is 0 Å². The van der Waals surface area contributed by atoms with Crippen molar-refractivity contribution in [2.24, 2.45) is 34.4 Å². The lowest BCUT2D eigenvalue weighted by atomic mass is 10.0. The largest absolute Gasteiger partial charge is 0.370 e. The van der Waals surface area contributed by atoms with Crippen LogP contribution in [0.1, 0.15) is 812 Å². The van der Waals surface area contributed by atoms with Crippen LogP contribution in [0.3, 0.4) is 0 Å². The van der Waals surface area contributed by atoms with Gasteiger partial charge in [0.05, 0.1) is 0 Å². The summed E-state index contributed by atoms with van der Waals surface area (Å²) in [6, 6.07) is 0. The van der Waals surface area contributed by atoms with Gasteiger partial charge in [-0.3, -0.25) is 28.8 Å². The third-order valence-electron chi connectivity index (χ3n) is 30.2. The van der Waals surface area contributed by atoms with Crippen LogP contribution in [0.15, 0.2) is 0 Å². The molecule has 0 saturated carbocycles. The number of nitrogens with two attached hydrogens (primary N) is 6. The summed E-state index contributed by atoms with van der Waals surface area (Å²) in [5.41, 5.74) is 30.8. The quantitative estimate of drug-likeness (QED) is 0.0323. The zero-order valence-electron chi connectivity index (χ0n) is 99.8. The number of amides is 6. The van der Waals surface area contributed by atoms with Crippen molar-refractivity contribution >= 4 is 35.4 Å². The molecular formula is C132H270N6O6. The summed E-state index contributed by atoms with van der Waals surface area (Å²) in [5, 5.41) is 0. The van der Waals surface area contributed by atoms with Crippen LogP contribution in [0.5, 0.6) is 0 Å². The summed E-state index contributed by atoms with van der Waals surface area (Å²) in [5.74, 6) is -0.906. The van der Waals surface area contributed by atoms with Gasteiger partial charge >= 0.3 is 0 Å². The van der Waals surface area contributed by atoms with Crippen molar-refractivity contribution in [1.82, 2.24) is 0 Å². The van der Waals surface area contributed by atoms with Crippen LogP contribution in [-0.2, 0) is 28.8 Å². The molecule has 0 aliphatic carbocycles. The Balaban J connectivity index is -0.000000397. The molecular weight excluding hydrogens is 1770 g/mol. The van der Waals surface area contributed by atoms with E-state index in [0.717, 1.165) is 38.5 Å². The van der Waals surface area contributed by atoms with Crippen LogP contribution in [0.4, 0.5) is 0 Å². The highest BCUT2D eigenvalue weighted by molar-refractivity contribution is 5.75. The van der Waals surface area contributed by atoms with Crippen LogP contribution >= 0.6 is 0 Å². The number of unbranched alkanes of at least 4 members (excludes halogenated alkanes) is 108. The molecule has 12 N–H and O–H groups in total. The molecule has 864 valence electrons. The summed E-state index contributed by atoms with van der Waals surface area (Å²) < 4.78 is 0. The van der Waals surface area contributed by atoms with Gasteiger partial charge in [0.25, 0.3) is 0 Å². The van der Waals surface area contributed by atoms with Gasteiger partial charge in [-0.05, 0) is 38.5 Å². The summed E-state index contributed by atoms with van der Waals surface area (Å²) >= 11 is 0. The van der Waals surface area contributed by atoms with Gasteiger partial charge in [-0.1, -0.05) is 735 Å². The smallest absolute Gasteiger partial charge is 0.217 e. The van der Waals surface area contributed by atoms with Crippen LogP contribution in [0.2, 0.25) is 0 Å². The van der Waals surface area contributed by atoms with Gasteiger partial charge in [0.2, 0.25) is 35.4 Å². The lowest BCUT2D eigenvalue weighted by Gasteiger charge is -2.03. The molecule has 0 fully saturated rings. The van der Waals surface area contributed by atoms with Crippen molar-refractivity contribution < 1.29 is 28.8 Å². The summed E-state index contributed by atoms with van der Waals surface area (Å²) in [4.78, 5) is 63.6. The maximum Gasteiger partial charge on any atom is 0.217 e. The van der Waals surface area contributed by atoms with Crippen LogP contribution in [0.25, 0.3) is 0 Å². The van der Waals surface area contributed by atoms with E-state index in [4.69, 9.17) is 34.4 Å². The first kappa shape index (κ1) is 151. The Labute approximate surface area is 905 Å². The molecule has 0 aromatic rings. The second-order valence-corrected chi connectivity index (χ2v) is 45.5. The first-order valence-corrected chi connectivity index (χ1v) is 66.3. The van der Waals surface area contributed by atoms with E-state index in [-0.39, 0.29) is 35.4 Å². The van der Waals surface area contributed by atoms with Gasteiger partial charge in [0.1, 0.15) is 0 Å². The molecule has 0 heterocycles. The second-order valence-electron chi connectivity index (χ2n) is 45.5. The van der Waals surface area contributed by atoms with Crippen LogP contribution in [0, 0.1) is 0 Å². The molecule has 6 amide bonds. The average molecular weight is 2040 g/mol. The average Bonchev–Trinajstić information content (AvgIpc) is 1.11. The van der Waals surface area contributed by atoms with Crippen molar-refractivity contribution in [2.75, 3.05) is 0 Å². The summed E-state index contributed by atoms with van der Waals surface area (Å²) in [6.07, 6.45) is 161. The predicted molar refractivity (Wildman–Crippen MR) is 643 cm³/mol. The van der Waals surface area contributed by atoms with Crippen molar-refractivity contribution in [1.29, 1.82) is 0 Å². The van der Waals surface area contributed by atoms with E-state index in [9.17, 15) is 28.8 Å². The third kappa shape index (κ3) is 175. The fourth-order valence-corrected chi connectivity index (χ4v) is 20.3. The number of hydrogen-bond acceptors (Lipinski definition) is 6. The number of rotatable bonds is 120. The molecule has 0 unspecified atom stereocenters. The number of hydrogen-bond donors (Lipinski definition) is 6. The van der Waals surface area contributed by atoms with Crippen molar-refractivity contribution in [3.63, 3.8) is 0 Å². The molecule has 0 aromatic heterocycles. The van der Waals surface area contributed by atoms with Gasteiger partial charge in [0.15, 0.2) is 0 Å². The van der Waals surface area contributed by atoms with Gasteiger partial charge in [0, 0.05) is 38.5 Å². The van der Waals surface area contributed by atoms with E-state index in [1.54, 1.807) is 0 Å². The Bertz CT molecular complexity index is 1920. The highest BCUT2D eigenvalue weighted by Crippen LogP contribution is 2.24. The fourth-order valence-electron chi connectivity index (χ4n) is 20.3. The Morgan fingerprint density at radius 3 is 0.167 bits per heavy atom. The highest BCUT2D eigenvalue weighted by atomic mass is 16.2. The van der Waals surface area contributed by atoms with E-state index in [1.807, 2.05) is 0 Å². The molecule has 0 aliphatic heterocycles. The topological polar surface area (TPSA) is 259 Å². The zero-order valence-corrected chi connectivity index (χ0v) is 99.8. The maximum atomic E-state index is 10.6. The molecule has 0 aliphatic rings. The number of primary amides is 6. The van der Waals surface area contributed by atoms with Crippen molar-refractivity contribution in [3.05, 3.63) is 0 Å². The molecule has 0 rings (SSSR count). The molecule has 0 bridgehead atoms. The minimum Gasteiger partial charge on any atom is -0.370 e. The molecule has 0 aromatic carbocycles. The Morgan fingerprint density at radius 1 is 0.0833 bits per heavy atom. The molecule has 144 heavy (non-hydrogen) atoms. The Kier molecular flexibility index (Phi) is 156. The molecule has 0 saturated heterocycles. The highest BCUT2D eigenvalue weighted by Gasteiger charge is 2.07. The van der Waals surface area contributed by atoms with Crippen molar-refractivity contribution in [2.45, 2.75) is 812 Å². The fraction of sp³-hybridized carbons (Fsp3) is 0.955. The SMILES string of the molecule is CCCCCCCCCCCCCCCCCCCCCC(N)=O.CCCCCCCCCCCCCCCCCCCCCC(N)=O.CCCCCCCCCCCCCCCCCCCCCC(N)=O.CCCCCCCCCCCCCCCCCCCCCC(N)=O.CCCCCCCCCCCCCCCCCCCCCC(N)=O.CCCCCCCCCCCCCCCCCCCCCC(N)=O. The lowest BCUT2D eigenvalue weighted by Crippen LogP contribution is -2.09. The second kappa shape index (κ2) is 148. The normalized spacial score (nSPS) is 11.0. The third-order valence-corrected chi connectivity index (χ3v) is 30.2. The van der Waals surface area contributed by atoms with Gasteiger partial charge < -0.3 is 34.4 Å². The summed E-state index contributed by atoms with van der Waals surface area (Å²) in [6.45, 7) is 13.7. The zero-order chi connectivity index (χ0) is 106. The Hall–Kier alpha value is -3.18. The minimum atomic E-state index is -0.151. The lowest BCUT2D eigenvalue weighted by molar-refractivity contribution is -0.119. The van der Waals surface area contributed by atoms with Gasteiger partial charge in [-0.2, -0.15) is 0 Å². The molecule has 12 nitrogen and oxygen atoms in total. The predicted octanol–water partition coefficient (Wildman–Crippen LogP) is 43.8. The minimum absolute atomic E-state index is 0.151. The van der Waals surface area contributed by atoms with E-state index >= 15 is 0 Å². The monoisotopic (exact) mass is 2040 g/mol. The molecule has 0 atom stereocenters. The van der Waals surface area contributed by atoms with Crippen LogP contribution in [-0.4, -0.2) is 35.4 Å². The number of carbonyl (C=O) groups excluding carboxylic acids is 6. The summed E-state index contributed by atoms with van der Waals surface area (Å²) in [7, 11) is 0. The standard InChI is InChI=1S/6C22H45NO/c6*1-2-3-4-5-6-7-8-9-10-11-12-13-14-15-16-17-18-19-20-21-22(23)24/h6*2-21H2,1H3,(H2,23,24). The first-order valence-electron chi connectivity index (χ1n) is 66.3. The van der Waals surface area contributed by atoms with Crippen LogP contribution < -0.4 is 34.4 Å². The van der Waals surface area contributed by atoms with E-state index in [1.165, 1.54) is 693 Å². The molecule has 12 heteroatoms. The van der Waals surface area contributed by atoms with E-state index in [0.29, 0.717) is 38.5 Å². The molecule has 0 radical (unpaired) electrons. The Morgan fingerprint density at radius 2 is 0.125 bits per heavy atom. The van der Waals surface area contributed by atoms with Gasteiger partial charge in [-0.25, -0.2) is 0 Å². The number of carbonyl (C=O) groups is 6. The van der Waals surface area contributed by atoms with Gasteiger partial charge in [-0.15, -0.1) is 0 Å². The molecule has 0 spiro atoms. The maximum absolute atomic E-state index is 10.6. The van der Waals surface area contributed by atoms with E-state index in [2.05, 4.69) is 41.5 Å². The van der Waals surface area contributed by atoms with Crippen molar-refractivity contribution in [3.8, 4) is 0 Å². The first-order chi connectivity index (χ1) is 70.6.